The van der Waals surface area contributed by atoms with Gasteiger partial charge >= 0.3 is 0 Å². The van der Waals surface area contributed by atoms with Gasteiger partial charge in [0, 0.05) is 24.0 Å². The summed E-state index contributed by atoms with van der Waals surface area (Å²) in [6, 6.07) is 0. The molecule has 0 aromatic heterocycles. The number of rotatable bonds is 1. The Balaban J connectivity index is 1.96. The van der Waals surface area contributed by atoms with Crippen LogP contribution in [0.2, 0.25) is 0 Å². The maximum absolute atomic E-state index is 4.90. The second-order valence-corrected chi connectivity index (χ2v) is 7.49. The Morgan fingerprint density at radius 2 is 1.85 bits per heavy atom. The number of hydrogen-bond donors (Lipinski definition) is 0. The van der Waals surface area contributed by atoms with E-state index in [2.05, 4.69) is 56.9 Å². The van der Waals surface area contributed by atoms with Crippen LogP contribution < -0.4 is 0 Å². The minimum absolute atomic E-state index is 0.103. The second kappa shape index (κ2) is 4.32. The summed E-state index contributed by atoms with van der Waals surface area (Å²) in [7, 11) is 0. The Kier molecular flexibility index (Phi) is 2.94. The maximum atomic E-state index is 4.90. The number of hydrogen-bond acceptors (Lipinski definition) is 5. The summed E-state index contributed by atoms with van der Waals surface area (Å²) < 4.78 is 0. The number of nitrogens with zero attached hydrogens (tertiary/aromatic N) is 4. The van der Waals surface area contributed by atoms with Crippen molar-refractivity contribution in [2.45, 2.75) is 40.2 Å². The zero-order valence-electron chi connectivity index (χ0n) is 12.6. The molecule has 3 aliphatic heterocycles. The van der Waals surface area contributed by atoms with Crippen molar-refractivity contribution in [1.82, 2.24) is 4.90 Å². The molecule has 0 saturated carbocycles. The van der Waals surface area contributed by atoms with E-state index >= 15 is 0 Å². The van der Waals surface area contributed by atoms with Crippen molar-refractivity contribution in [2.75, 3.05) is 0 Å². The molecule has 20 heavy (non-hydrogen) atoms. The predicted molar refractivity (Wildman–Crippen MR) is 87.0 cm³/mol. The predicted octanol–water partition coefficient (Wildman–Crippen LogP) is 3.64. The van der Waals surface area contributed by atoms with Gasteiger partial charge in [0.25, 0.3) is 0 Å². The first-order valence-corrected chi connectivity index (χ1v) is 7.73. The number of thioether (sulfide) groups is 1. The molecule has 0 amide bonds. The summed E-state index contributed by atoms with van der Waals surface area (Å²) in [6.45, 7) is 10.8. The fourth-order valence-electron chi connectivity index (χ4n) is 2.06. The minimum Gasteiger partial charge on any atom is -0.278 e. The Labute approximate surface area is 124 Å². The molecule has 0 aliphatic carbocycles. The first kappa shape index (κ1) is 13.6. The molecule has 0 N–H and O–H groups in total. The summed E-state index contributed by atoms with van der Waals surface area (Å²) in [5.74, 6) is 1.35. The van der Waals surface area contributed by atoms with Crippen molar-refractivity contribution in [2.24, 2.45) is 26.3 Å². The highest BCUT2D eigenvalue weighted by atomic mass is 32.2. The summed E-state index contributed by atoms with van der Waals surface area (Å²) in [6.07, 6.45) is 8.15. The van der Waals surface area contributed by atoms with E-state index in [9.17, 15) is 0 Å². The van der Waals surface area contributed by atoms with Crippen LogP contribution in [0.3, 0.4) is 0 Å². The highest BCUT2D eigenvalue weighted by molar-refractivity contribution is 8.17. The molecule has 0 radical (unpaired) electrons. The molecule has 3 heterocycles. The van der Waals surface area contributed by atoms with Crippen LogP contribution in [0, 0.1) is 11.3 Å². The monoisotopic (exact) mass is 288 g/mol. The van der Waals surface area contributed by atoms with Crippen LogP contribution in [0.1, 0.15) is 34.6 Å². The van der Waals surface area contributed by atoms with E-state index in [4.69, 9.17) is 4.99 Å². The van der Waals surface area contributed by atoms with E-state index < -0.39 is 0 Å². The van der Waals surface area contributed by atoms with Crippen LogP contribution in [0.15, 0.2) is 38.1 Å². The van der Waals surface area contributed by atoms with E-state index in [1.807, 2.05) is 17.3 Å². The summed E-state index contributed by atoms with van der Waals surface area (Å²) >= 11 is 1.60. The van der Waals surface area contributed by atoms with Crippen LogP contribution in [-0.4, -0.2) is 28.0 Å². The molecule has 0 saturated heterocycles. The lowest BCUT2D eigenvalue weighted by Crippen LogP contribution is -2.34. The van der Waals surface area contributed by atoms with Gasteiger partial charge in [-0.25, -0.2) is 9.98 Å². The van der Waals surface area contributed by atoms with E-state index in [1.165, 1.54) is 0 Å². The smallest absolute Gasteiger partial charge is 0.176 e. The molecule has 3 rings (SSSR count). The van der Waals surface area contributed by atoms with Crippen molar-refractivity contribution >= 4 is 29.4 Å². The van der Waals surface area contributed by atoms with Crippen molar-refractivity contribution in [3.05, 3.63) is 23.1 Å². The normalized spacial score (nSPS) is 30.5. The van der Waals surface area contributed by atoms with Gasteiger partial charge in [-0.1, -0.05) is 13.8 Å². The third-order valence-corrected chi connectivity index (χ3v) is 4.87. The molecule has 0 aromatic rings. The molecular weight excluding hydrogens is 268 g/mol. The van der Waals surface area contributed by atoms with Gasteiger partial charge in [0.05, 0.1) is 5.54 Å². The summed E-state index contributed by atoms with van der Waals surface area (Å²) in [5.41, 5.74) is -0.246. The van der Waals surface area contributed by atoms with Gasteiger partial charge < -0.3 is 0 Å². The number of aliphatic imine (C=N–C) groups is 3. The third kappa shape index (κ3) is 2.14. The van der Waals surface area contributed by atoms with Gasteiger partial charge in [-0.2, -0.15) is 0 Å². The van der Waals surface area contributed by atoms with Gasteiger partial charge in [0.1, 0.15) is 5.03 Å². The van der Waals surface area contributed by atoms with Crippen LogP contribution in [0.5, 0.6) is 0 Å². The molecule has 0 aromatic carbocycles. The lowest BCUT2D eigenvalue weighted by atomic mass is 9.89. The first-order chi connectivity index (χ1) is 9.31. The summed E-state index contributed by atoms with van der Waals surface area (Å²) in [4.78, 5) is 16.1. The standard InChI is InChI=1S/C15H20N4S/c1-10(2)15(5)6-7-19-11-12(20-13(19)18-15)17-9-14(3,4)8-16-11/h6-10H,1-5H3. The Morgan fingerprint density at radius 1 is 1.15 bits per heavy atom. The SMILES string of the molecule is CC(C)C1(C)C=CN2C(=N1)SC1=C2N=CC(C)(C)C=N1. The fraction of sp³-hybridized carbons (Fsp3) is 0.533. The van der Waals surface area contributed by atoms with Crippen molar-refractivity contribution in [3.8, 4) is 0 Å². The topological polar surface area (TPSA) is 40.3 Å². The van der Waals surface area contributed by atoms with Crippen LogP contribution in [-0.2, 0) is 0 Å². The van der Waals surface area contributed by atoms with Gasteiger partial charge in [-0.15, -0.1) is 0 Å². The van der Waals surface area contributed by atoms with E-state index in [0.717, 1.165) is 16.0 Å². The Morgan fingerprint density at radius 3 is 2.55 bits per heavy atom. The molecule has 4 nitrogen and oxygen atoms in total. The molecule has 5 heteroatoms. The minimum atomic E-state index is -0.143. The molecule has 3 aliphatic rings. The lowest BCUT2D eigenvalue weighted by molar-refractivity contribution is 0.406. The maximum Gasteiger partial charge on any atom is 0.176 e. The van der Waals surface area contributed by atoms with Gasteiger partial charge in [0.2, 0.25) is 0 Å². The summed E-state index contributed by atoms with van der Waals surface area (Å²) in [5, 5.41) is 1.91. The molecule has 1 atom stereocenters. The average Bonchev–Trinajstić information content (AvgIpc) is 2.63. The Bertz CT molecular complexity index is 595. The van der Waals surface area contributed by atoms with Gasteiger partial charge in [-0.05, 0) is 44.5 Å². The highest BCUT2D eigenvalue weighted by Gasteiger charge is 2.37. The molecule has 106 valence electrons. The Hall–Kier alpha value is -1.36. The highest BCUT2D eigenvalue weighted by Crippen LogP contribution is 2.42. The van der Waals surface area contributed by atoms with E-state index in [0.29, 0.717) is 5.92 Å². The average molecular weight is 288 g/mol. The van der Waals surface area contributed by atoms with Crippen LogP contribution in [0.25, 0.3) is 0 Å². The molecule has 0 spiro atoms. The van der Waals surface area contributed by atoms with E-state index in [-0.39, 0.29) is 11.0 Å². The zero-order valence-corrected chi connectivity index (χ0v) is 13.4. The van der Waals surface area contributed by atoms with Crippen molar-refractivity contribution in [3.63, 3.8) is 0 Å². The molecule has 0 fully saturated rings. The lowest BCUT2D eigenvalue weighted by Gasteiger charge is -2.32. The quantitative estimate of drug-likeness (QED) is 0.739. The van der Waals surface area contributed by atoms with Crippen molar-refractivity contribution in [1.29, 1.82) is 0 Å². The molecule has 1 unspecified atom stereocenters. The molecular formula is C15H20N4S. The largest absolute Gasteiger partial charge is 0.278 e. The van der Waals surface area contributed by atoms with Crippen LogP contribution >= 0.6 is 11.8 Å². The molecule has 0 bridgehead atoms. The van der Waals surface area contributed by atoms with E-state index in [1.54, 1.807) is 11.8 Å². The fourth-order valence-corrected chi connectivity index (χ4v) is 3.07. The zero-order chi connectivity index (χ0) is 14.5. The van der Waals surface area contributed by atoms with Gasteiger partial charge in [-0.3, -0.25) is 9.89 Å². The number of fused-ring (bicyclic) bond motifs is 2. The number of amidine groups is 1. The van der Waals surface area contributed by atoms with Crippen LogP contribution in [0.4, 0.5) is 0 Å². The first-order valence-electron chi connectivity index (χ1n) is 6.92. The third-order valence-electron chi connectivity index (χ3n) is 3.91. The van der Waals surface area contributed by atoms with Gasteiger partial charge in [0.15, 0.2) is 11.0 Å². The second-order valence-electron chi connectivity index (χ2n) is 6.53. The van der Waals surface area contributed by atoms with Crippen molar-refractivity contribution < 1.29 is 0 Å².